The number of carbonyl (C=O) groups excluding carboxylic acids is 1. The molecule has 9 nitrogen and oxygen atoms in total. The molecule has 0 unspecified atom stereocenters. The highest BCUT2D eigenvalue weighted by atomic mass is 32.2. The van der Waals surface area contributed by atoms with Crippen LogP contribution in [0.5, 0.6) is 0 Å². The first-order valence-electron chi connectivity index (χ1n) is 8.48. The van der Waals surface area contributed by atoms with Crippen LogP contribution in [0.2, 0.25) is 0 Å². The predicted octanol–water partition coefficient (Wildman–Crippen LogP) is 2.91. The number of nitrogens with zero attached hydrogens (tertiary/aromatic N) is 3. The lowest BCUT2D eigenvalue weighted by Gasteiger charge is -2.09. The Morgan fingerprint density at radius 2 is 1.84 bits per heavy atom. The molecule has 0 bridgehead atoms. The molecule has 13 heteroatoms. The number of fused-ring (bicyclic) bond motifs is 1. The van der Waals surface area contributed by atoms with Gasteiger partial charge >= 0.3 is 6.18 Å². The van der Waals surface area contributed by atoms with Gasteiger partial charge in [-0.1, -0.05) is 0 Å². The highest BCUT2D eigenvalue weighted by Gasteiger charge is 2.36. The van der Waals surface area contributed by atoms with E-state index in [0.717, 1.165) is 12.1 Å². The molecule has 0 atom stereocenters. The van der Waals surface area contributed by atoms with Crippen LogP contribution in [0.1, 0.15) is 16.2 Å². The third kappa shape index (κ3) is 4.13. The second-order valence-corrected chi connectivity index (χ2v) is 7.89. The molecule has 0 aliphatic rings. The van der Waals surface area contributed by atoms with Crippen LogP contribution in [-0.2, 0) is 16.2 Å². The lowest BCUT2D eigenvalue weighted by atomic mass is 10.2. The molecule has 0 saturated heterocycles. The van der Waals surface area contributed by atoms with Gasteiger partial charge in [-0.2, -0.15) is 18.3 Å². The zero-order valence-corrected chi connectivity index (χ0v) is 16.1. The maximum Gasteiger partial charge on any atom is 0.433 e. The van der Waals surface area contributed by atoms with Crippen molar-refractivity contribution in [2.24, 2.45) is 5.14 Å². The summed E-state index contributed by atoms with van der Waals surface area (Å²) in [5.41, 5.74) is -1.56. The number of nitrogens with one attached hydrogen (secondary N) is 1. The number of anilines is 1. The minimum absolute atomic E-state index is 0.0738. The highest BCUT2D eigenvalue weighted by Crippen LogP contribution is 2.32. The summed E-state index contributed by atoms with van der Waals surface area (Å²) in [6, 6.07) is 9.73. The van der Waals surface area contributed by atoms with Crippen molar-refractivity contribution in [3.63, 3.8) is 0 Å². The summed E-state index contributed by atoms with van der Waals surface area (Å²) in [5.74, 6) is -0.698. The SMILES string of the molecule is NS(=O)(=O)c1ccc(NC(=O)c2cc3nc(-c4ccco4)cc(C(F)(F)F)n3n2)cc1. The summed E-state index contributed by atoms with van der Waals surface area (Å²) in [6.07, 6.45) is -3.48. The van der Waals surface area contributed by atoms with E-state index in [0.29, 0.717) is 4.52 Å². The first kappa shape index (κ1) is 20.6. The van der Waals surface area contributed by atoms with Gasteiger partial charge in [0.25, 0.3) is 5.91 Å². The third-order valence-electron chi connectivity index (χ3n) is 4.16. The number of carbonyl (C=O) groups is 1. The highest BCUT2D eigenvalue weighted by molar-refractivity contribution is 7.89. The molecule has 0 radical (unpaired) electrons. The summed E-state index contributed by atoms with van der Waals surface area (Å²) in [7, 11) is -3.91. The Kier molecular flexibility index (Phi) is 4.78. The first-order chi connectivity index (χ1) is 14.5. The van der Waals surface area contributed by atoms with E-state index in [4.69, 9.17) is 9.56 Å². The van der Waals surface area contributed by atoms with E-state index in [1.807, 2.05) is 0 Å². The van der Waals surface area contributed by atoms with Crippen LogP contribution in [0.3, 0.4) is 0 Å². The average Bonchev–Trinajstić information content (AvgIpc) is 3.36. The minimum Gasteiger partial charge on any atom is -0.463 e. The Balaban J connectivity index is 1.70. The Morgan fingerprint density at radius 3 is 2.42 bits per heavy atom. The van der Waals surface area contributed by atoms with Gasteiger partial charge in [-0.3, -0.25) is 4.79 Å². The third-order valence-corrected chi connectivity index (χ3v) is 5.09. The number of primary sulfonamides is 1. The van der Waals surface area contributed by atoms with Crippen LogP contribution in [0.25, 0.3) is 17.1 Å². The molecule has 0 aliphatic heterocycles. The standard InChI is InChI=1S/C18H12F3N5O4S/c19-18(20,21)15-8-12(14-2-1-7-30-14)24-16-9-13(25-26(15)16)17(27)23-10-3-5-11(6-4-10)31(22,28)29/h1-9H,(H,23,27)(H2,22,28,29). The normalized spacial score (nSPS) is 12.3. The summed E-state index contributed by atoms with van der Waals surface area (Å²) in [4.78, 5) is 16.4. The molecule has 31 heavy (non-hydrogen) atoms. The Hall–Kier alpha value is -3.71. The number of benzene rings is 1. The number of amides is 1. The van der Waals surface area contributed by atoms with Gasteiger partial charge in [0, 0.05) is 11.8 Å². The number of halogens is 3. The molecule has 0 fully saturated rings. The van der Waals surface area contributed by atoms with Gasteiger partial charge in [0.1, 0.15) is 5.69 Å². The fourth-order valence-electron chi connectivity index (χ4n) is 2.76. The van der Waals surface area contributed by atoms with E-state index < -0.39 is 27.8 Å². The van der Waals surface area contributed by atoms with Crippen molar-refractivity contribution in [1.29, 1.82) is 0 Å². The van der Waals surface area contributed by atoms with E-state index in [9.17, 15) is 26.4 Å². The zero-order valence-electron chi connectivity index (χ0n) is 15.3. The summed E-state index contributed by atoms with van der Waals surface area (Å²) < 4.78 is 68.9. The number of furan rings is 1. The molecule has 4 rings (SSSR count). The van der Waals surface area contributed by atoms with Gasteiger partial charge in [-0.25, -0.2) is 23.1 Å². The number of sulfonamides is 1. The molecule has 0 spiro atoms. The monoisotopic (exact) mass is 451 g/mol. The number of rotatable bonds is 4. The van der Waals surface area contributed by atoms with E-state index in [2.05, 4.69) is 15.4 Å². The molecule has 0 aliphatic carbocycles. The minimum atomic E-state index is -4.77. The van der Waals surface area contributed by atoms with Gasteiger partial charge in [-0.15, -0.1) is 0 Å². The number of hydrogen-bond donors (Lipinski definition) is 2. The van der Waals surface area contributed by atoms with E-state index in [1.165, 1.54) is 42.7 Å². The lowest BCUT2D eigenvalue weighted by molar-refractivity contribution is -0.142. The molecule has 3 N–H and O–H groups in total. The van der Waals surface area contributed by atoms with Crippen LogP contribution in [-0.4, -0.2) is 28.9 Å². The molecule has 3 heterocycles. The molecular weight excluding hydrogens is 439 g/mol. The van der Waals surface area contributed by atoms with Gasteiger partial charge in [0.2, 0.25) is 10.0 Å². The molecule has 1 amide bonds. The van der Waals surface area contributed by atoms with Crippen molar-refractivity contribution in [3.05, 3.63) is 66.2 Å². The van der Waals surface area contributed by atoms with Crippen molar-refractivity contribution < 1.29 is 30.8 Å². The number of nitrogens with two attached hydrogens (primary N) is 1. The predicted molar refractivity (Wildman–Crippen MR) is 101 cm³/mol. The molecule has 0 saturated carbocycles. The Bertz CT molecular complexity index is 1380. The number of alkyl halides is 3. The number of hydrogen-bond acceptors (Lipinski definition) is 6. The molecule has 160 valence electrons. The second kappa shape index (κ2) is 7.21. The summed E-state index contributed by atoms with van der Waals surface area (Å²) in [5, 5.41) is 11.2. The molecule has 3 aromatic heterocycles. The van der Waals surface area contributed by atoms with Crippen molar-refractivity contribution >= 4 is 27.3 Å². The maximum absolute atomic E-state index is 13.6. The van der Waals surface area contributed by atoms with Crippen LogP contribution in [0.15, 0.2) is 64.1 Å². The zero-order chi connectivity index (χ0) is 22.4. The number of aromatic nitrogens is 3. The van der Waals surface area contributed by atoms with Crippen LogP contribution < -0.4 is 10.5 Å². The lowest BCUT2D eigenvalue weighted by Crippen LogP contribution is -2.16. The Labute approximate surface area is 172 Å². The second-order valence-electron chi connectivity index (χ2n) is 6.32. The van der Waals surface area contributed by atoms with Crippen molar-refractivity contribution in [1.82, 2.24) is 14.6 Å². The Morgan fingerprint density at radius 1 is 1.13 bits per heavy atom. The molecule has 4 aromatic rings. The van der Waals surface area contributed by atoms with Crippen molar-refractivity contribution in [2.45, 2.75) is 11.1 Å². The smallest absolute Gasteiger partial charge is 0.433 e. The maximum atomic E-state index is 13.6. The quantitative estimate of drug-likeness (QED) is 0.490. The van der Waals surface area contributed by atoms with Crippen LogP contribution in [0, 0.1) is 0 Å². The van der Waals surface area contributed by atoms with Crippen molar-refractivity contribution in [3.8, 4) is 11.5 Å². The van der Waals surface area contributed by atoms with Crippen LogP contribution in [0.4, 0.5) is 18.9 Å². The largest absolute Gasteiger partial charge is 0.463 e. The summed E-state index contributed by atoms with van der Waals surface area (Å²) >= 11 is 0. The van der Waals surface area contributed by atoms with E-state index in [1.54, 1.807) is 0 Å². The topological polar surface area (TPSA) is 133 Å². The van der Waals surface area contributed by atoms with Crippen molar-refractivity contribution in [2.75, 3.05) is 5.32 Å². The molecule has 1 aromatic carbocycles. The van der Waals surface area contributed by atoms with Gasteiger partial charge in [0.15, 0.2) is 22.8 Å². The molecular formula is C18H12F3N5O4S. The average molecular weight is 451 g/mol. The fraction of sp³-hybridized carbons (Fsp3) is 0.0556. The van der Waals surface area contributed by atoms with E-state index >= 15 is 0 Å². The summed E-state index contributed by atoms with van der Waals surface area (Å²) in [6.45, 7) is 0. The van der Waals surface area contributed by atoms with Gasteiger partial charge < -0.3 is 9.73 Å². The fourth-order valence-corrected chi connectivity index (χ4v) is 3.28. The van der Waals surface area contributed by atoms with Crippen LogP contribution >= 0.6 is 0 Å². The van der Waals surface area contributed by atoms with Gasteiger partial charge in [-0.05, 0) is 42.5 Å². The van der Waals surface area contributed by atoms with E-state index in [-0.39, 0.29) is 33.4 Å². The first-order valence-corrected chi connectivity index (χ1v) is 10.0. The van der Waals surface area contributed by atoms with Gasteiger partial charge in [0.05, 0.1) is 11.2 Å².